The van der Waals surface area contributed by atoms with E-state index in [1.807, 2.05) is 48.3 Å². The lowest BCUT2D eigenvalue weighted by Crippen LogP contribution is -2.54. The third kappa shape index (κ3) is 5.62. The fourth-order valence-corrected chi connectivity index (χ4v) is 7.70. The van der Waals surface area contributed by atoms with Gasteiger partial charge in [-0.1, -0.05) is 35.9 Å². The molecule has 4 aliphatic rings. The van der Waals surface area contributed by atoms with Crippen LogP contribution in [-0.2, 0) is 21.7 Å². The number of aromatic nitrogens is 5. The molecule has 53 heavy (non-hydrogen) atoms. The van der Waals surface area contributed by atoms with Gasteiger partial charge in [0.05, 0.1) is 28.7 Å². The second-order valence-corrected chi connectivity index (χ2v) is 14.4. The first kappa shape index (κ1) is 32.9. The van der Waals surface area contributed by atoms with Gasteiger partial charge in [0.1, 0.15) is 17.4 Å². The van der Waals surface area contributed by atoms with Crippen molar-refractivity contribution in [3.8, 4) is 16.8 Å². The average molecular weight is 728 g/mol. The summed E-state index contributed by atoms with van der Waals surface area (Å²) in [5.74, 6) is -0.385. The number of piperidine rings is 1. The third-order valence-corrected chi connectivity index (χ3v) is 10.7. The van der Waals surface area contributed by atoms with Gasteiger partial charge in [-0.05, 0) is 81.0 Å². The molecule has 14 heteroatoms. The topological polar surface area (TPSA) is 156 Å². The molecule has 5 aromatic rings. The highest BCUT2D eigenvalue weighted by atomic mass is 35.5. The lowest BCUT2D eigenvalue weighted by atomic mass is 9.96. The van der Waals surface area contributed by atoms with Crippen molar-refractivity contribution in [1.29, 1.82) is 0 Å². The predicted molar refractivity (Wildman–Crippen MR) is 196 cm³/mol. The van der Waals surface area contributed by atoms with Crippen LogP contribution in [0.25, 0.3) is 16.8 Å². The normalized spacial score (nSPS) is 18.3. The van der Waals surface area contributed by atoms with Crippen molar-refractivity contribution in [2.45, 2.75) is 63.6 Å². The number of carbonyl (C=O) groups is 4. The minimum Gasteiger partial charge on any atom is -0.384 e. The molecule has 2 aromatic heterocycles. The number of fused-ring (bicyclic) bond motifs is 5. The second kappa shape index (κ2) is 12.6. The summed E-state index contributed by atoms with van der Waals surface area (Å²) in [5.41, 5.74) is 6.53. The Morgan fingerprint density at radius 2 is 1.74 bits per heavy atom. The zero-order valence-corrected chi connectivity index (χ0v) is 29.6. The lowest BCUT2D eigenvalue weighted by molar-refractivity contribution is -0.136. The number of rotatable bonds is 9. The molecule has 3 aliphatic heterocycles. The summed E-state index contributed by atoms with van der Waals surface area (Å²) in [6.45, 7) is 3.22. The summed E-state index contributed by atoms with van der Waals surface area (Å²) < 4.78 is 4.07. The maximum absolute atomic E-state index is 13.4. The van der Waals surface area contributed by atoms with Crippen molar-refractivity contribution in [2.24, 2.45) is 4.99 Å². The number of halogens is 1. The standard InChI is InChI=1S/C39H34ClN9O4/c1-22-45-46-38-39(15-16-39)44-34(23-7-10-26(40)11-8-23)28-19-24(9-12-30(28)48(22)38)25-20-42-47(21-25)18-3-2-17-41-29-6-4-5-27-33(29)37(53)49(36(27)52)31-13-14-32(50)43-35(31)51/h4-12,19-21,31,41H,2-3,13-18H2,1H3,(H,43,50,51). The fraction of sp³-hybridized carbons (Fsp3) is 0.282. The number of anilines is 1. The summed E-state index contributed by atoms with van der Waals surface area (Å²) in [6, 6.07) is 18.3. The second-order valence-electron chi connectivity index (χ2n) is 13.9. The van der Waals surface area contributed by atoms with E-state index in [0.29, 0.717) is 23.8 Å². The zero-order valence-electron chi connectivity index (χ0n) is 28.8. The van der Waals surface area contributed by atoms with Crippen LogP contribution in [0.5, 0.6) is 0 Å². The van der Waals surface area contributed by atoms with Crippen LogP contribution in [0, 0.1) is 6.92 Å². The number of aryl methyl sites for hydroxylation is 2. The molecule has 266 valence electrons. The van der Waals surface area contributed by atoms with E-state index in [9.17, 15) is 19.2 Å². The van der Waals surface area contributed by atoms with E-state index in [2.05, 4.69) is 48.7 Å². The van der Waals surface area contributed by atoms with E-state index in [1.54, 1.807) is 18.2 Å². The highest BCUT2D eigenvalue weighted by Crippen LogP contribution is 2.52. The van der Waals surface area contributed by atoms with Gasteiger partial charge in [-0.15, -0.1) is 10.2 Å². The molecule has 0 bridgehead atoms. The molecule has 1 spiro atoms. The zero-order chi connectivity index (χ0) is 36.4. The molecule has 4 amide bonds. The molecule has 1 saturated carbocycles. The van der Waals surface area contributed by atoms with E-state index >= 15 is 0 Å². The van der Waals surface area contributed by atoms with Crippen LogP contribution in [0.15, 0.2) is 78.0 Å². The number of nitrogens with one attached hydrogen (secondary N) is 2. The van der Waals surface area contributed by atoms with Crippen molar-refractivity contribution in [3.63, 3.8) is 0 Å². The van der Waals surface area contributed by atoms with E-state index in [4.69, 9.17) is 16.6 Å². The molecule has 5 heterocycles. The number of carbonyl (C=O) groups excluding carboxylic acids is 4. The van der Waals surface area contributed by atoms with Crippen molar-refractivity contribution < 1.29 is 19.2 Å². The molecule has 0 radical (unpaired) electrons. The quantitative estimate of drug-likeness (QED) is 0.155. The van der Waals surface area contributed by atoms with Crippen molar-refractivity contribution in [2.75, 3.05) is 11.9 Å². The van der Waals surface area contributed by atoms with Crippen LogP contribution in [-0.4, -0.2) is 71.4 Å². The van der Waals surface area contributed by atoms with E-state index in [0.717, 1.165) is 75.9 Å². The molecular weight excluding hydrogens is 694 g/mol. The summed E-state index contributed by atoms with van der Waals surface area (Å²) >= 11 is 6.27. The number of hydrogen-bond acceptors (Lipinski definition) is 9. The minimum absolute atomic E-state index is 0.0747. The first-order valence-corrected chi connectivity index (χ1v) is 18.1. The van der Waals surface area contributed by atoms with E-state index < -0.39 is 35.2 Å². The average Bonchev–Trinajstić information content (AvgIpc) is 3.50. The molecule has 2 fully saturated rings. The highest BCUT2D eigenvalue weighted by molar-refractivity contribution is 6.30. The SMILES string of the molecule is Cc1nnc2n1-c1ccc(-c3cnn(CCCCNc4cccc5c4C(=O)N(C4CCC(=O)NC4=O)C5=O)c3)cc1C(c1ccc(Cl)cc1)=NC21CC1. The minimum atomic E-state index is -1.00. The van der Waals surface area contributed by atoms with Gasteiger partial charge in [0.2, 0.25) is 11.8 Å². The number of hydrogen-bond donors (Lipinski definition) is 2. The molecule has 1 saturated heterocycles. The Labute approximate surface area is 309 Å². The van der Waals surface area contributed by atoms with Gasteiger partial charge in [-0.25, -0.2) is 0 Å². The third-order valence-electron chi connectivity index (χ3n) is 10.5. The Hall–Kier alpha value is -5.95. The molecule has 1 aliphatic carbocycles. The monoisotopic (exact) mass is 727 g/mol. The molecule has 9 rings (SSSR count). The summed E-state index contributed by atoms with van der Waals surface area (Å²) in [7, 11) is 0. The molecule has 13 nitrogen and oxygen atoms in total. The number of nitrogens with zero attached hydrogens (tertiary/aromatic N) is 7. The van der Waals surface area contributed by atoms with Crippen molar-refractivity contribution >= 4 is 46.6 Å². The van der Waals surface area contributed by atoms with Crippen molar-refractivity contribution in [3.05, 3.63) is 112 Å². The largest absolute Gasteiger partial charge is 0.384 e. The molecular formula is C39H34ClN9O4. The number of unbranched alkanes of at least 4 members (excludes halogenated alkanes) is 1. The van der Waals surface area contributed by atoms with E-state index in [-0.39, 0.29) is 24.0 Å². The Bertz CT molecular complexity index is 2390. The predicted octanol–water partition coefficient (Wildman–Crippen LogP) is 5.23. The van der Waals surface area contributed by atoms with Gasteiger partial charge in [0.25, 0.3) is 11.8 Å². The number of aliphatic imine (C=N–C) groups is 1. The van der Waals surface area contributed by atoms with Crippen molar-refractivity contribution in [1.82, 2.24) is 34.8 Å². The van der Waals surface area contributed by atoms with Gasteiger partial charge in [0, 0.05) is 53.1 Å². The van der Waals surface area contributed by atoms with Gasteiger partial charge >= 0.3 is 0 Å². The maximum atomic E-state index is 13.4. The Balaban J connectivity index is 0.888. The Kier molecular flexibility index (Phi) is 7.84. The van der Waals surface area contributed by atoms with Crippen LogP contribution >= 0.6 is 11.6 Å². The summed E-state index contributed by atoms with van der Waals surface area (Å²) in [5, 5.41) is 19.9. The highest BCUT2D eigenvalue weighted by Gasteiger charge is 2.51. The van der Waals surface area contributed by atoms with Gasteiger partial charge < -0.3 is 5.32 Å². The molecule has 2 N–H and O–H groups in total. The molecule has 1 atom stereocenters. The number of amides is 4. The maximum Gasteiger partial charge on any atom is 0.264 e. The first-order chi connectivity index (χ1) is 25.7. The molecule has 3 aromatic carbocycles. The smallest absolute Gasteiger partial charge is 0.264 e. The van der Waals surface area contributed by atoms with Crippen LogP contribution in [0.2, 0.25) is 5.02 Å². The summed E-state index contributed by atoms with van der Waals surface area (Å²) in [4.78, 5) is 57.0. The van der Waals surface area contributed by atoms with Gasteiger partial charge in [0.15, 0.2) is 5.82 Å². The first-order valence-electron chi connectivity index (χ1n) is 17.8. The Morgan fingerprint density at radius 3 is 2.53 bits per heavy atom. The van der Waals surface area contributed by atoms with Gasteiger partial charge in [-0.2, -0.15) is 5.10 Å². The van der Waals surface area contributed by atoms with Crippen LogP contribution in [0.1, 0.15) is 82.0 Å². The van der Waals surface area contributed by atoms with Crippen LogP contribution in [0.4, 0.5) is 5.69 Å². The fourth-order valence-electron chi connectivity index (χ4n) is 7.58. The Morgan fingerprint density at radius 1 is 0.925 bits per heavy atom. The molecule has 1 unspecified atom stereocenters. The van der Waals surface area contributed by atoms with Crippen LogP contribution < -0.4 is 10.6 Å². The van der Waals surface area contributed by atoms with Crippen LogP contribution in [0.3, 0.4) is 0 Å². The number of benzene rings is 3. The number of imide groups is 2. The van der Waals surface area contributed by atoms with Gasteiger partial charge in [-0.3, -0.25) is 43.6 Å². The summed E-state index contributed by atoms with van der Waals surface area (Å²) in [6.07, 6.45) is 7.53. The van der Waals surface area contributed by atoms with E-state index in [1.165, 1.54) is 0 Å². The lowest BCUT2D eigenvalue weighted by Gasteiger charge is -2.27.